The highest BCUT2D eigenvalue weighted by Gasteiger charge is 2.31. The molecule has 0 aromatic heterocycles. The SMILES string of the molecule is CN1C(=O)NS(=O)(=O)c2cc(Cl)ccc21. The molecule has 2 amide bonds. The Morgan fingerprint density at radius 1 is 1.40 bits per heavy atom. The van der Waals surface area contributed by atoms with E-state index >= 15 is 0 Å². The van der Waals surface area contributed by atoms with Gasteiger partial charge in [-0.05, 0) is 18.2 Å². The van der Waals surface area contributed by atoms with Crippen molar-refractivity contribution in [3.8, 4) is 0 Å². The number of amides is 2. The molecule has 0 aliphatic carbocycles. The van der Waals surface area contributed by atoms with Crippen molar-refractivity contribution in [2.45, 2.75) is 4.90 Å². The average molecular weight is 247 g/mol. The van der Waals surface area contributed by atoms with Crippen molar-refractivity contribution in [3.63, 3.8) is 0 Å². The maximum Gasteiger partial charge on any atom is 0.335 e. The topological polar surface area (TPSA) is 66.5 Å². The first-order valence-electron chi connectivity index (χ1n) is 4.02. The maximum atomic E-state index is 11.6. The van der Waals surface area contributed by atoms with Crippen LogP contribution in [0.3, 0.4) is 0 Å². The molecule has 0 saturated heterocycles. The lowest BCUT2D eigenvalue weighted by Crippen LogP contribution is -2.45. The second kappa shape index (κ2) is 3.11. The van der Waals surface area contributed by atoms with Crippen molar-refractivity contribution < 1.29 is 13.2 Å². The summed E-state index contributed by atoms with van der Waals surface area (Å²) in [6.45, 7) is 0. The van der Waals surface area contributed by atoms with E-state index in [0.717, 1.165) is 0 Å². The van der Waals surface area contributed by atoms with Crippen LogP contribution in [0.1, 0.15) is 0 Å². The number of nitrogens with zero attached hydrogens (tertiary/aromatic N) is 1. The lowest BCUT2D eigenvalue weighted by Gasteiger charge is -2.25. The molecule has 2 rings (SSSR count). The number of sulfonamides is 1. The smallest absolute Gasteiger partial charge is 0.295 e. The largest absolute Gasteiger partial charge is 0.335 e. The molecule has 5 nitrogen and oxygen atoms in total. The Hall–Kier alpha value is -1.27. The van der Waals surface area contributed by atoms with Crippen LogP contribution in [0.25, 0.3) is 0 Å². The zero-order chi connectivity index (χ0) is 11.2. The summed E-state index contributed by atoms with van der Waals surface area (Å²) in [5.74, 6) is 0. The van der Waals surface area contributed by atoms with Crippen molar-refractivity contribution in [2.24, 2.45) is 0 Å². The van der Waals surface area contributed by atoms with Gasteiger partial charge in [-0.15, -0.1) is 0 Å². The summed E-state index contributed by atoms with van der Waals surface area (Å²) in [7, 11) is -2.29. The third kappa shape index (κ3) is 1.55. The van der Waals surface area contributed by atoms with Crippen LogP contribution in [0, 0.1) is 0 Å². The van der Waals surface area contributed by atoms with Crippen LogP contribution in [0.5, 0.6) is 0 Å². The number of rotatable bonds is 0. The molecule has 7 heteroatoms. The highest BCUT2D eigenvalue weighted by molar-refractivity contribution is 7.90. The summed E-state index contributed by atoms with van der Waals surface area (Å²) in [6, 6.07) is 3.66. The molecule has 1 heterocycles. The number of fused-ring (bicyclic) bond motifs is 1. The molecular formula is C8H7ClN2O3S. The number of hydrogen-bond donors (Lipinski definition) is 1. The Labute approximate surface area is 91.7 Å². The lowest BCUT2D eigenvalue weighted by atomic mass is 10.3. The first kappa shape index (κ1) is 10.3. The normalized spacial score (nSPS) is 18.3. The predicted molar refractivity (Wildman–Crippen MR) is 55.6 cm³/mol. The molecule has 0 fully saturated rings. The summed E-state index contributed by atoms with van der Waals surface area (Å²) >= 11 is 5.69. The monoisotopic (exact) mass is 246 g/mol. The van der Waals surface area contributed by atoms with Gasteiger partial charge in [-0.1, -0.05) is 11.6 Å². The molecule has 1 aromatic carbocycles. The van der Waals surface area contributed by atoms with Crippen molar-refractivity contribution >= 4 is 33.3 Å². The predicted octanol–water partition coefficient (Wildman–Crippen LogP) is 1.19. The van der Waals surface area contributed by atoms with E-state index in [9.17, 15) is 13.2 Å². The summed E-state index contributed by atoms with van der Waals surface area (Å²) in [5.41, 5.74) is 0.322. The fourth-order valence-corrected chi connectivity index (χ4v) is 2.80. The second-order valence-electron chi connectivity index (χ2n) is 3.08. The van der Waals surface area contributed by atoms with Gasteiger partial charge in [0.05, 0.1) is 5.69 Å². The summed E-state index contributed by atoms with van der Waals surface area (Å²) in [6.07, 6.45) is 0. The van der Waals surface area contributed by atoms with E-state index in [-0.39, 0.29) is 4.90 Å². The van der Waals surface area contributed by atoms with Crippen molar-refractivity contribution in [1.29, 1.82) is 0 Å². The van der Waals surface area contributed by atoms with Crippen LogP contribution in [0.2, 0.25) is 5.02 Å². The minimum atomic E-state index is -3.77. The van der Waals surface area contributed by atoms with Crippen LogP contribution in [0.4, 0.5) is 10.5 Å². The minimum Gasteiger partial charge on any atom is -0.295 e. The fraction of sp³-hybridized carbons (Fsp3) is 0.125. The number of benzene rings is 1. The lowest BCUT2D eigenvalue weighted by molar-refractivity contribution is 0.251. The van der Waals surface area contributed by atoms with Crippen LogP contribution in [-0.4, -0.2) is 21.5 Å². The molecule has 0 spiro atoms. The van der Waals surface area contributed by atoms with Gasteiger partial charge in [-0.25, -0.2) is 17.9 Å². The van der Waals surface area contributed by atoms with E-state index in [0.29, 0.717) is 10.7 Å². The first-order valence-corrected chi connectivity index (χ1v) is 5.88. The van der Waals surface area contributed by atoms with Gasteiger partial charge in [0.25, 0.3) is 10.0 Å². The van der Waals surface area contributed by atoms with E-state index in [2.05, 4.69) is 0 Å². The number of anilines is 1. The van der Waals surface area contributed by atoms with Crippen LogP contribution >= 0.6 is 11.6 Å². The first-order chi connectivity index (χ1) is 6.92. The number of nitrogens with one attached hydrogen (secondary N) is 1. The van der Waals surface area contributed by atoms with Crippen LogP contribution in [-0.2, 0) is 10.0 Å². The Morgan fingerprint density at radius 3 is 2.73 bits per heavy atom. The third-order valence-corrected chi connectivity index (χ3v) is 3.68. The standard InChI is InChI=1S/C8H7ClN2O3S/c1-11-6-3-2-5(9)4-7(6)15(13,14)10-8(11)12/h2-4H,1H3,(H,10,12). The molecule has 1 aliphatic rings. The van der Waals surface area contributed by atoms with E-state index in [1.807, 2.05) is 4.72 Å². The van der Waals surface area contributed by atoms with Gasteiger partial charge in [0, 0.05) is 12.1 Å². The van der Waals surface area contributed by atoms with E-state index < -0.39 is 16.1 Å². The zero-order valence-electron chi connectivity index (χ0n) is 7.69. The molecule has 80 valence electrons. The summed E-state index contributed by atoms with van der Waals surface area (Å²) < 4.78 is 25.0. The molecule has 0 atom stereocenters. The highest BCUT2D eigenvalue weighted by atomic mass is 35.5. The summed E-state index contributed by atoms with van der Waals surface area (Å²) in [4.78, 5) is 12.5. The Balaban J connectivity index is 2.75. The molecule has 1 aromatic rings. The number of urea groups is 1. The van der Waals surface area contributed by atoms with Gasteiger partial charge in [0.2, 0.25) is 0 Å². The minimum absolute atomic E-state index is 0.0112. The molecular weight excluding hydrogens is 240 g/mol. The highest BCUT2D eigenvalue weighted by Crippen LogP contribution is 2.30. The van der Waals surface area contributed by atoms with Crippen LogP contribution < -0.4 is 9.62 Å². The average Bonchev–Trinajstić information content (AvgIpc) is 2.14. The molecule has 15 heavy (non-hydrogen) atoms. The zero-order valence-corrected chi connectivity index (χ0v) is 9.26. The van der Waals surface area contributed by atoms with Crippen LogP contribution in [0.15, 0.2) is 23.1 Å². The van der Waals surface area contributed by atoms with E-state index in [4.69, 9.17) is 11.6 Å². The number of halogens is 1. The molecule has 0 saturated carbocycles. The molecule has 0 radical (unpaired) electrons. The number of carbonyl (C=O) groups excluding carboxylic acids is 1. The maximum absolute atomic E-state index is 11.6. The Bertz CT molecular complexity index is 541. The van der Waals surface area contributed by atoms with E-state index in [1.165, 1.54) is 30.1 Å². The Kier molecular flexibility index (Phi) is 2.13. The molecule has 0 unspecified atom stereocenters. The number of carbonyl (C=O) groups is 1. The van der Waals surface area contributed by atoms with Crippen molar-refractivity contribution in [3.05, 3.63) is 23.2 Å². The van der Waals surface area contributed by atoms with Gasteiger partial charge >= 0.3 is 6.03 Å². The van der Waals surface area contributed by atoms with E-state index in [1.54, 1.807) is 0 Å². The van der Waals surface area contributed by atoms with Crippen molar-refractivity contribution in [2.75, 3.05) is 11.9 Å². The van der Waals surface area contributed by atoms with Crippen molar-refractivity contribution in [1.82, 2.24) is 4.72 Å². The van der Waals surface area contributed by atoms with Gasteiger partial charge in [0.1, 0.15) is 4.90 Å². The van der Waals surface area contributed by atoms with Gasteiger partial charge in [-0.2, -0.15) is 0 Å². The molecule has 1 aliphatic heterocycles. The second-order valence-corrected chi connectivity index (χ2v) is 5.17. The summed E-state index contributed by atoms with van der Waals surface area (Å²) in [5, 5.41) is 0.307. The van der Waals surface area contributed by atoms with Gasteiger partial charge < -0.3 is 0 Å². The third-order valence-electron chi connectivity index (χ3n) is 2.10. The van der Waals surface area contributed by atoms with Gasteiger partial charge in [0.15, 0.2) is 0 Å². The Morgan fingerprint density at radius 2 is 2.07 bits per heavy atom. The fourth-order valence-electron chi connectivity index (χ4n) is 1.33. The van der Waals surface area contributed by atoms with Gasteiger partial charge in [-0.3, -0.25) is 4.90 Å². The molecule has 1 N–H and O–H groups in total. The quantitative estimate of drug-likeness (QED) is 0.748. The number of hydrogen-bond acceptors (Lipinski definition) is 3. The molecule has 0 bridgehead atoms.